The van der Waals surface area contributed by atoms with Crippen LogP contribution in [0.15, 0.2) is 158 Å². The van der Waals surface area contributed by atoms with Gasteiger partial charge in [0.25, 0.3) is 0 Å². The molecule has 8 aromatic rings. The second kappa shape index (κ2) is 10.7. The topological polar surface area (TPSA) is 8.17 Å². The molecule has 0 atom stereocenters. The van der Waals surface area contributed by atoms with Crippen LogP contribution < -0.4 is 4.90 Å². The van der Waals surface area contributed by atoms with E-state index in [2.05, 4.69) is 167 Å². The number of benzene rings is 7. The molecule has 5 aliphatic rings. The molecular weight excluding hydrogens is 629 g/mol. The van der Waals surface area contributed by atoms with Gasteiger partial charge in [-0.15, -0.1) is 0 Å². The first-order valence-electron chi connectivity index (χ1n) is 19.4. The van der Waals surface area contributed by atoms with Gasteiger partial charge >= 0.3 is 0 Å². The van der Waals surface area contributed by atoms with Gasteiger partial charge in [0.2, 0.25) is 0 Å². The molecule has 4 fully saturated rings. The van der Waals surface area contributed by atoms with Crippen molar-refractivity contribution >= 4 is 49.6 Å². The van der Waals surface area contributed by atoms with Crippen molar-refractivity contribution in [3.8, 4) is 16.8 Å². The summed E-state index contributed by atoms with van der Waals surface area (Å²) in [5.41, 5.74) is 13.5. The monoisotopic (exact) mass is 668 g/mol. The summed E-state index contributed by atoms with van der Waals surface area (Å²) >= 11 is 0. The summed E-state index contributed by atoms with van der Waals surface area (Å²) in [5.74, 6) is 3.30. The van der Waals surface area contributed by atoms with Gasteiger partial charge in [-0.25, -0.2) is 0 Å². The minimum absolute atomic E-state index is 0.116. The second-order valence-electron chi connectivity index (χ2n) is 16.1. The molecule has 250 valence electrons. The molecule has 4 bridgehead atoms. The van der Waals surface area contributed by atoms with E-state index in [1.807, 2.05) is 0 Å². The van der Waals surface area contributed by atoms with Crippen molar-refractivity contribution in [3.63, 3.8) is 0 Å². The van der Waals surface area contributed by atoms with E-state index in [9.17, 15) is 0 Å². The minimum Gasteiger partial charge on any atom is -0.309 e. The summed E-state index contributed by atoms with van der Waals surface area (Å²) in [6.07, 6.45) is 7.02. The van der Waals surface area contributed by atoms with Gasteiger partial charge in [-0.2, -0.15) is 0 Å². The number of aromatic nitrogens is 1. The Hall–Kier alpha value is -5.60. The van der Waals surface area contributed by atoms with Crippen LogP contribution in [0.3, 0.4) is 0 Å². The van der Waals surface area contributed by atoms with Crippen LogP contribution in [0.4, 0.5) is 17.1 Å². The van der Waals surface area contributed by atoms with Crippen LogP contribution in [-0.4, -0.2) is 4.57 Å². The Bertz CT molecular complexity index is 2640. The predicted octanol–water partition coefficient (Wildman–Crippen LogP) is 13.1. The van der Waals surface area contributed by atoms with Crippen molar-refractivity contribution in [3.05, 3.63) is 169 Å². The Labute approximate surface area is 305 Å². The number of para-hydroxylation sites is 2. The lowest BCUT2D eigenvalue weighted by Gasteiger charge is -2.61. The molecule has 1 spiro atoms. The predicted molar refractivity (Wildman–Crippen MR) is 216 cm³/mol. The number of hydrogen-bond acceptors (Lipinski definition) is 1. The third-order valence-electron chi connectivity index (χ3n) is 13.7. The summed E-state index contributed by atoms with van der Waals surface area (Å²) in [5, 5.41) is 5.09. The molecular formula is C50H40N2. The maximum absolute atomic E-state index is 2.59. The summed E-state index contributed by atoms with van der Waals surface area (Å²) in [6, 6.07) is 59.5. The fraction of sp³-hybridized carbons (Fsp3) is 0.200. The average molecular weight is 669 g/mol. The number of nitrogens with zero attached hydrogens (tertiary/aromatic N) is 2. The summed E-state index contributed by atoms with van der Waals surface area (Å²) in [4.78, 5) is 2.59. The summed E-state index contributed by atoms with van der Waals surface area (Å²) in [6.45, 7) is 0. The largest absolute Gasteiger partial charge is 0.309 e. The van der Waals surface area contributed by atoms with E-state index >= 15 is 0 Å². The molecule has 0 aliphatic heterocycles. The number of hydrogen-bond donors (Lipinski definition) is 0. The molecule has 1 heterocycles. The first-order chi connectivity index (χ1) is 25.8. The van der Waals surface area contributed by atoms with Gasteiger partial charge in [-0.1, -0.05) is 115 Å². The highest BCUT2D eigenvalue weighted by Gasteiger charge is 2.61. The van der Waals surface area contributed by atoms with Crippen molar-refractivity contribution in [2.75, 3.05) is 4.90 Å². The van der Waals surface area contributed by atoms with Crippen LogP contribution in [0.1, 0.15) is 43.2 Å². The Morgan fingerprint density at radius 1 is 0.481 bits per heavy atom. The Morgan fingerprint density at radius 3 is 1.83 bits per heavy atom. The molecule has 0 N–H and O–H groups in total. The second-order valence-corrected chi connectivity index (χ2v) is 16.1. The lowest BCUT2D eigenvalue weighted by molar-refractivity contribution is -0.0399. The van der Waals surface area contributed by atoms with E-state index in [4.69, 9.17) is 0 Å². The highest BCUT2D eigenvalue weighted by Crippen LogP contribution is 2.70. The summed E-state index contributed by atoms with van der Waals surface area (Å²) in [7, 11) is 0. The molecule has 0 amide bonds. The molecule has 0 saturated heterocycles. The molecule has 5 aliphatic carbocycles. The third kappa shape index (κ3) is 3.80. The van der Waals surface area contributed by atoms with Crippen LogP contribution in [-0.2, 0) is 5.41 Å². The molecule has 1 aromatic heterocycles. The van der Waals surface area contributed by atoms with Gasteiger partial charge in [-0.05, 0) is 120 Å². The van der Waals surface area contributed by atoms with E-state index < -0.39 is 0 Å². The fourth-order valence-corrected chi connectivity index (χ4v) is 12.2. The number of rotatable bonds is 4. The van der Waals surface area contributed by atoms with Gasteiger partial charge in [0.1, 0.15) is 0 Å². The molecule has 2 heteroatoms. The van der Waals surface area contributed by atoms with E-state index in [0.717, 1.165) is 23.7 Å². The van der Waals surface area contributed by atoms with E-state index in [1.54, 1.807) is 11.1 Å². The van der Waals surface area contributed by atoms with Crippen molar-refractivity contribution in [2.45, 2.75) is 37.5 Å². The summed E-state index contributed by atoms with van der Waals surface area (Å²) < 4.78 is 2.45. The van der Waals surface area contributed by atoms with Crippen molar-refractivity contribution in [1.29, 1.82) is 0 Å². The zero-order chi connectivity index (χ0) is 34.0. The third-order valence-corrected chi connectivity index (χ3v) is 13.7. The number of fused-ring (bicyclic) bond motifs is 7. The van der Waals surface area contributed by atoms with Gasteiger partial charge in [0.05, 0.1) is 22.4 Å². The minimum atomic E-state index is 0.116. The molecule has 52 heavy (non-hydrogen) atoms. The molecule has 0 unspecified atom stereocenters. The Morgan fingerprint density at radius 2 is 1.06 bits per heavy atom. The van der Waals surface area contributed by atoms with Crippen LogP contribution in [0, 0.1) is 23.7 Å². The van der Waals surface area contributed by atoms with E-state index in [1.165, 1.54) is 98.6 Å². The molecule has 7 aromatic carbocycles. The Balaban J connectivity index is 1.14. The van der Waals surface area contributed by atoms with Gasteiger partial charge < -0.3 is 9.47 Å². The van der Waals surface area contributed by atoms with Crippen molar-refractivity contribution in [1.82, 2.24) is 4.57 Å². The SMILES string of the molecule is c1cc(N(c2cccc3c2-c2ccccc2C32C3CC4CC(C3)CC2C4)c2cccc3ccccc23)cc(-n2c3ccccc3c3ccccc32)c1. The highest BCUT2D eigenvalue weighted by molar-refractivity contribution is 6.09. The van der Waals surface area contributed by atoms with Crippen molar-refractivity contribution < 1.29 is 0 Å². The Kier molecular flexibility index (Phi) is 5.98. The van der Waals surface area contributed by atoms with Gasteiger partial charge in [0.15, 0.2) is 0 Å². The van der Waals surface area contributed by atoms with Crippen LogP contribution in [0.2, 0.25) is 0 Å². The zero-order valence-electron chi connectivity index (χ0n) is 29.3. The molecule has 2 nitrogen and oxygen atoms in total. The lowest BCUT2D eigenvalue weighted by Crippen LogP contribution is -2.55. The molecule has 0 radical (unpaired) electrons. The van der Waals surface area contributed by atoms with Crippen LogP contribution in [0.5, 0.6) is 0 Å². The number of anilines is 3. The van der Waals surface area contributed by atoms with Crippen molar-refractivity contribution in [2.24, 2.45) is 23.7 Å². The smallest absolute Gasteiger partial charge is 0.0543 e. The first-order valence-corrected chi connectivity index (χ1v) is 19.4. The quantitative estimate of drug-likeness (QED) is 0.181. The average Bonchev–Trinajstić information content (AvgIpc) is 3.69. The van der Waals surface area contributed by atoms with Crippen LogP contribution in [0.25, 0.3) is 49.4 Å². The molecule has 13 rings (SSSR count). The standard InChI is InChI=1S/C50H40N2/c1-2-16-39-34(12-1)13-9-24-45(39)52(38-15-10-14-37(31-38)51-46-22-7-4-17-40(46)41-18-5-8-23-47(41)51)48-25-11-21-44-49(48)42-19-3-6-20-43(42)50(44)35-27-32-26-33(29-35)30-36(50)28-32/h1-25,31-33,35-36H,26-30H2. The van der Waals surface area contributed by atoms with E-state index in [-0.39, 0.29) is 5.41 Å². The normalized spacial score (nSPS) is 23.8. The van der Waals surface area contributed by atoms with E-state index in [0.29, 0.717) is 0 Å². The van der Waals surface area contributed by atoms with Gasteiger partial charge in [0, 0.05) is 38.5 Å². The fourth-order valence-electron chi connectivity index (χ4n) is 12.2. The van der Waals surface area contributed by atoms with Crippen LogP contribution >= 0.6 is 0 Å². The first kappa shape index (κ1) is 29.0. The highest BCUT2D eigenvalue weighted by atomic mass is 15.2. The zero-order valence-corrected chi connectivity index (χ0v) is 29.3. The molecule has 4 saturated carbocycles. The lowest BCUT2D eigenvalue weighted by atomic mass is 9.43. The maximum Gasteiger partial charge on any atom is 0.0543 e. The van der Waals surface area contributed by atoms with Gasteiger partial charge in [-0.3, -0.25) is 0 Å². The maximum atomic E-state index is 2.59.